The Bertz CT molecular complexity index is 564. The van der Waals surface area contributed by atoms with Crippen LogP contribution in [0.15, 0.2) is 42.6 Å². The second-order valence-corrected chi connectivity index (χ2v) is 3.73. The van der Waals surface area contributed by atoms with Crippen molar-refractivity contribution < 1.29 is 4.79 Å². The van der Waals surface area contributed by atoms with Crippen molar-refractivity contribution in [2.45, 2.75) is 6.92 Å². The van der Waals surface area contributed by atoms with Gasteiger partial charge in [0, 0.05) is 13.1 Å². The first-order valence-electron chi connectivity index (χ1n) is 5.58. The van der Waals surface area contributed by atoms with Gasteiger partial charge in [0.25, 0.3) is 0 Å². The number of aromatic nitrogens is 2. The van der Waals surface area contributed by atoms with E-state index in [0.717, 1.165) is 11.3 Å². The van der Waals surface area contributed by atoms with Gasteiger partial charge in [-0.1, -0.05) is 36.4 Å². The molecular formula is C14H13N3O. The molecule has 0 aliphatic rings. The molecule has 0 radical (unpaired) electrons. The highest BCUT2D eigenvalue weighted by Crippen LogP contribution is 2.07. The Morgan fingerprint density at radius 2 is 1.94 bits per heavy atom. The summed E-state index contributed by atoms with van der Waals surface area (Å²) in [6, 6.07) is 11.7. The van der Waals surface area contributed by atoms with E-state index in [1.165, 1.54) is 6.92 Å². The third kappa shape index (κ3) is 3.52. The Hall–Kier alpha value is -2.49. The molecule has 2 aromatic rings. The molecule has 0 fully saturated rings. The number of amides is 1. The first-order valence-corrected chi connectivity index (χ1v) is 5.58. The summed E-state index contributed by atoms with van der Waals surface area (Å²) >= 11 is 0. The van der Waals surface area contributed by atoms with Crippen molar-refractivity contribution >= 4 is 24.0 Å². The topological polar surface area (TPSA) is 54.9 Å². The minimum absolute atomic E-state index is 0.181. The van der Waals surface area contributed by atoms with Crippen LogP contribution in [0.3, 0.4) is 0 Å². The molecule has 0 spiro atoms. The van der Waals surface area contributed by atoms with Crippen molar-refractivity contribution in [2.24, 2.45) is 0 Å². The normalized spacial score (nSPS) is 10.5. The number of rotatable bonds is 3. The van der Waals surface area contributed by atoms with Crippen LogP contribution in [0.5, 0.6) is 0 Å². The highest BCUT2D eigenvalue weighted by molar-refractivity contribution is 5.86. The summed E-state index contributed by atoms with van der Waals surface area (Å²) in [7, 11) is 0. The number of benzene rings is 1. The van der Waals surface area contributed by atoms with Gasteiger partial charge in [-0.2, -0.15) is 0 Å². The van der Waals surface area contributed by atoms with Gasteiger partial charge >= 0.3 is 0 Å². The average molecular weight is 239 g/mol. The van der Waals surface area contributed by atoms with Crippen molar-refractivity contribution in [3.63, 3.8) is 0 Å². The first kappa shape index (κ1) is 12.0. The van der Waals surface area contributed by atoms with Gasteiger partial charge in [0.05, 0.1) is 5.69 Å². The molecule has 1 heterocycles. The zero-order valence-corrected chi connectivity index (χ0v) is 10.00. The Labute approximate surface area is 105 Å². The molecule has 0 unspecified atom stereocenters. The molecule has 90 valence electrons. The van der Waals surface area contributed by atoms with Crippen molar-refractivity contribution in [1.29, 1.82) is 0 Å². The summed E-state index contributed by atoms with van der Waals surface area (Å²) in [5.74, 6) is 0.136. The van der Waals surface area contributed by atoms with Gasteiger partial charge in [-0.3, -0.25) is 10.1 Å². The van der Waals surface area contributed by atoms with Crippen LogP contribution < -0.4 is 5.32 Å². The second kappa shape index (κ2) is 5.72. The van der Waals surface area contributed by atoms with Gasteiger partial charge in [-0.15, -0.1) is 0 Å². The first-order chi connectivity index (χ1) is 8.74. The molecule has 0 aliphatic heterocycles. The van der Waals surface area contributed by atoms with Crippen molar-refractivity contribution in [1.82, 2.24) is 9.97 Å². The smallest absolute Gasteiger partial charge is 0.229 e. The molecule has 0 atom stereocenters. The van der Waals surface area contributed by atoms with E-state index in [2.05, 4.69) is 15.3 Å². The van der Waals surface area contributed by atoms with E-state index in [4.69, 9.17) is 0 Å². The van der Waals surface area contributed by atoms with E-state index >= 15 is 0 Å². The molecule has 4 nitrogen and oxygen atoms in total. The molecule has 1 amide bonds. The Kier molecular flexibility index (Phi) is 3.81. The van der Waals surface area contributed by atoms with Crippen LogP contribution in [0.2, 0.25) is 0 Å². The molecule has 4 heteroatoms. The van der Waals surface area contributed by atoms with E-state index in [-0.39, 0.29) is 5.91 Å². The van der Waals surface area contributed by atoms with Gasteiger partial charge < -0.3 is 0 Å². The molecule has 1 aromatic heterocycles. The molecule has 0 bridgehead atoms. The molecule has 0 saturated heterocycles. The number of nitrogens with one attached hydrogen (secondary N) is 1. The predicted molar refractivity (Wildman–Crippen MR) is 71.7 cm³/mol. The molecular weight excluding hydrogens is 226 g/mol. The van der Waals surface area contributed by atoms with Gasteiger partial charge in [-0.25, -0.2) is 9.97 Å². The van der Waals surface area contributed by atoms with Crippen LogP contribution in [0, 0.1) is 0 Å². The minimum Gasteiger partial charge on any atom is -0.295 e. The molecule has 1 aromatic carbocycles. The van der Waals surface area contributed by atoms with Gasteiger partial charge in [-0.05, 0) is 17.7 Å². The zero-order chi connectivity index (χ0) is 12.8. The Morgan fingerprint density at radius 1 is 1.17 bits per heavy atom. The van der Waals surface area contributed by atoms with Gasteiger partial charge in [0.15, 0.2) is 0 Å². The summed E-state index contributed by atoms with van der Waals surface area (Å²) in [6.45, 7) is 1.43. The number of carbonyl (C=O) groups is 1. The van der Waals surface area contributed by atoms with Crippen LogP contribution in [0.25, 0.3) is 12.2 Å². The van der Waals surface area contributed by atoms with Crippen molar-refractivity contribution in [3.05, 3.63) is 53.9 Å². The van der Waals surface area contributed by atoms with E-state index < -0.39 is 0 Å². The summed E-state index contributed by atoms with van der Waals surface area (Å²) in [5, 5.41) is 2.55. The van der Waals surface area contributed by atoms with E-state index in [1.807, 2.05) is 42.5 Å². The van der Waals surface area contributed by atoms with Crippen LogP contribution >= 0.6 is 0 Å². The maximum atomic E-state index is 10.9. The lowest BCUT2D eigenvalue weighted by Crippen LogP contribution is -2.09. The van der Waals surface area contributed by atoms with E-state index in [0.29, 0.717) is 5.95 Å². The average Bonchev–Trinajstić information content (AvgIpc) is 2.37. The second-order valence-electron chi connectivity index (χ2n) is 3.73. The quantitative estimate of drug-likeness (QED) is 0.895. The summed E-state index contributed by atoms with van der Waals surface area (Å²) in [5.41, 5.74) is 1.84. The van der Waals surface area contributed by atoms with Gasteiger partial charge in [0.2, 0.25) is 11.9 Å². The van der Waals surface area contributed by atoms with Gasteiger partial charge in [0.1, 0.15) is 0 Å². The number of nitrogens with zero attached hydrogens (tertiary/aromatic N) is 2. The zero-order valence-electron chi connectivity index (χ0n) is 10.00. The standard InChI is InChI=1S/C14H13N3O/c1-11(18)16-14-15-10-9-13(17-14)8-7-12-5-3-2-4-6-12/h2-10H,1H3,(H,15,16,17,18). The Morgan fingerprint density at radius 3 is 2.67 bits per heavy atom. The molecule has 18 heavy (non-hydrogen) atoms. The maximum Gasteiger partial charge on any atom is 0.229 e. The third-order valence-corrected chi connectivity index (χ3v) is 2.21. The third-order valence-electron chi connectivity index (χ3n) is 2.21. The number of anilines is 1. The van der Waals surface area contributed by atoms with Crippen molar-refractivity contribution in [2.75, 3.05) is 5.32 Å². The van der Waals surface area contributed by atoms with Crippen molar-refractivity contribution in [3.8, 4) is 0 Å². The lowest BCUT2D eigenvalue weighted by atomic mass is 10.2. The van der Waals surface area contributed by atoms with E-state index in [1.54, 1.807) is 12.3 Å². The fourth-order valence-corrected chi connectivity index (χ4v) is 1.43. The largest absolute Gasteiger partial charge is 0.295 e. The molecule has 2 rings (SSSR count). The summed E-state index contributed by atoms with van der Waals surface area (Å²) in [4.78, 5) is 19.1. The molecule has 1 N–H and O–H groups in total. The monoisotopic (exact) mass is 239 g/mol. The summed E-state index contributed by atoms with van der Waals surface area (Å²) in [6.07, 6.45) is 5.45. The predicted octanol–water partition coefficient (Wildman–Crippen LogP) is 2.61. The Balaban J connectivity index is 2.14. The lowest BCUT2D eigenvalue weighted by molar-refractivity contribution is -0.114. The lowest BCUT2D eigenvalue weighted by Gasteiger charge is -2.00. The SMILES string of the molecule is CC(=O)Nc1nccc(C=Cc2ccccc2)n1. The fourth-order valence-electron chi connectivity index (χ4n) is 1.43. The fraction of sp³-hybridized carbons (Fsp3) is 0.0714. The highest BCUT2D eigenvalue weighted by atomic mass is 16.1. The number of hydrogen-bond donors (Lipinski definition) is 1. The van der Waals surface area contributed by atoms with E-state index in [9.17, 15) is 4.79 Å². The van der Waals surface area contributed by atoms with Crippen LogP contribution in [0.1, 0.15) is 18.2 Å². The summed E-state index contributed by atoms with van der Waals surface area (Å²) < 4.78 is 0. The highest BCUT2D eigenvalue weighted by Gasteiger charge is 1.98. The number of hydrogen-bond acceptors (Lipinski definition) is 3. The van der Waals surface area contributed by atoms with Crippen LogP contribution in [0.4, 0.5) is 5.95 Å². The maximum absolute atomic E-state index is 10.9. The minimum atomic E-state index is -0.181. The van der Waals surface area contributed by atoms with Crippen LogP contribution in [-0.4, -0.2) is 15.9 Å². The molecule has 0 aliphatic carbocycles. The molecule has 0 saturated carbocycles. The number of carbonyl (C=O) groups excluding carboxylic acids is 1. The van der Waals surface area contributed by atoms with Crippen LogP contribution in [-0.2, 0) is 4.79 Å².